The lowest BCUT2D eigenvalue weighted by Crippen LogP contribution is -2.00. The second kappa shape index (κ2) is 5.12. The molecule has 0 aromatic rings. The van der Waals surface area contributed by atoms with Crippen LogP contribution in [0.5, 0.6) is 0 Å². The quantitative estimate of drug-likeness (QED) is 0.594. The number of hydrogen-bond donors (Lipinski definition) is 0. The first-order valence-corrected chi connectivity index (χ1v) is 5.78. The Morgan fingerprint density at radius 2 is 1.90 bits per heavy atom. The maximum atomic E-state index is 3.44. The molecule has 0 spiro atoms. The lowest BCUT2D eigenvalue weighted by atomic mass is 10.4. The van der Waals surface area contributed by atoms with E-state index in [9.17, 15) is 0 Å². The average Bonchev–Trinajstić information content (AvgIpc) is 1.59. The van der Waals surface area contributed by atoms with Gasteiger partial charge in [-0.05, 0) is 28.5 Å². The minimum Gasteiger partial charge on any atom is -0.0633 e. The molecule has 0 rings (SSSR count). The molecular formula is C6H6Br4. The molecule has 10 heavy (non-hydrogen) atoms. The Kier molecular flexibility index (Phi) is 5.83. The van der Waals surface area contributed by atoms with Gasteiger partial charge in [-0.25, -0.2) is 0 Å². The van der Waals surface area contributed by atoms with E-state index in [2.05, 4.69) is 63.7 Å². The number of hydrogen-bond acceptors (Lipinski definition) is 0. The van der Waals surface area contributed by atoms with E-state index in [0.717, 1.165) is 4.48 Å². The molecule has 0 aliphatic carbocycles. The molecule has 0 nitrogen and oxygen atoms in total. The summed E-state index contributed by atoms with van der Waals surface area (Å²) in [5, 5.41) is 0. The third-order valence-electron chi connectivity index (χ3n) is 0.677. The fraction of sp³-hybridized carbons (Fsp3) is 0.333. The second-order valence-corrected chi connectivity index (χ2v) is 7.17. The minimum absolute atomic E-state index is 0.239. The van der Waals surface area contributed by atoms with Gasteiger partial charge in [-0.3, -0.25) is 0 Å². The molecule has 0 atom stereocenters. The summed E-state index contributed by atoms with van der Waals surface area (Å²) in [5.74, 6) is 0. The van der Waals surface area contributed by atoms with Crippen molar-refractivity contribution in [2.24, 2.45) is 0 Å². The van der Waals surface area contributed by atoms with Crippen LogP contribution in [0.3, 0.4) is 0 Å². The molecule has 0 aromatic carbocycles. The summed E-state index contributed by atoms with van der Waals surface area (Å²) in [6.07, 6.45) is 3.92. The van der Waals surface area contributed by atoms with Crippen LogP contribution >= 0.6 is 63.7 Å². The Bertz CT molecular complexity index is 153. The summed E-state index contributed by atoms with van der Waals surface area (Å²) in [7, 11) is 0. The van der Waals surface area contributed by atoms with Gasteiger partial charge in [0.2, 0.25) is 0 Å². The van der Waals surface area contributed by atoms with E-state index >= 15 is 0 Å². The molecule has 0 amide bonds. The first kappa shape index (κ1) is 11.4. The van der Waals surface area contributed by atoms with Crippen LogP contribution in [-0.2, 0) is 0 Å². The fourth-order valence-electron chi connectivity index (χ4n) is 0.397. The molecule has 0 saturated heterocycles. The number of allylic oxidation sites excluding steroid dienone is 3. The van der Waals surface area contributed by atoms with Crippen molar-refractivity contribution < 1.29 is 0 Å². The summed E-state index contributed by atoms with van der Waals surface area (Å²) < 4.78 is 0.837. The van der Waals surface area contributed by atoms with Crippen LogP contribution in [0.1, 0.15) is 6.92 Å². The van der Waals surface area contributed by atoms with Gasteiger partial charge in [0.25, 0.3) is 0 Å². The minimum atomic E-state index is -0.239. The standard InChI is InChI=1S/C6H6Br4/c1-5(8)4-6(9,10)2-3-7/h2-4H,1H3. The SMILES string of the molecule is CC(Br)=CC(Br)(Br)C=CBr. The molecule has 0 unspecified atom stereocenters. The lowest BCUT2D eigenvalue weighted by molar-refractivity contribution is 1.36. The van der Waals surface area contributed by atoms with Crippen LogP contribution < -0.4 is 0 Å². The zero-order valence-corrected chi connectivity index (χ0v) is 11.6. The molecule has 0 bridgehead atoms. The van der Waals surface area contributed by atoms with Crippen molar-refractivity contribution in [2.45, 2.75) is 10.2 Å². The first-order valence-electron chi connectivity index (χ1n) is 2.48. The smallest absolute Gasteiger partial charge is 0.0633 e. The predicted octanol–water partition coefficient (Wildman–Crippen LogP) is 4.68. The highest BCUT2D eigenvalue weighted by atomic mass is 79.9. The Hall–Kier alpha value is 1.40. The predicted molar refractivity (Wildman–Crippen MR) is 61.3 cm³/mol. The highest BCUT2D eigenvalue weighted by Gasteiger charge is 2.13. The normalized spacial score (nSPS) is 14.7. The van der Waals surface area contributed by atoms with E-state index in [1.165, 1.54) is 0 Å². The Balaban J connectivity index is 4.26. The van der Waals surface area contributed by atoms with Crippen LogP contribution in [-0.4, -0.2) is 3.23 Å². The van der Waals surface area contributed by atoms with Gasteiger partial charge in [0.15, 0.2) is 0 Å². The molecule has 0 fully saturated rings. The first-order chi connectivity index (χ1) is 4.48. The molecular weight excluding hydrogens is 392 g/mol. The number of alkyl halides is 2. The second-order valence-electron chi connectivity index (χ2n) is 1.70. The third kappa shape index (κ3) is 6.13. The number of rotatable bonds is 2. The zero-order valence-electron chi connectivity index (χ0n) is 5.24. The Morgan fingerprint density at radius 3 is 2.20 bits per heavy atom. The van der Waals surface area contributed by atoms with Gasteiger partial charge in [0.1, 0.15) is 3.23 Å². The van der Waals surface area contributed by atoms with E-state index in [0.29, 0.717) is 0 Å². The van der Waals surface area contributed by atoms with E-state index in [1.54, 1.807) is 4.99 Å². The van der Waals surface area contributed by atoms with Gasteiger partial charge in [0, 0.05) is 0 Å². The molecule has 0 aliphatic rings. The van der Waals surface area contributed by atoms with Crippen molar-refractivity contribution in [3.63, 3.8) is 0 Å². The van der Waals surface area contributed by atoms with E-state index in [1.807, 2.05) is 19.1 Å². The average molecular weight is 398 g/mol. The van der Waals surface area contributed by atoms with Gasteiger partial charge >= 0.3 is 0 Å². The van der Waals surface area contributed by atoms with Gasteiger partial charge in [0.05, 0.1) is 0 Å². The van der Waals surface area contributed by atoms with Crippen LogP contribution in [0.2, 0.25) is 0 Å². The maximum Gasteiger partial charge on any atom is 0.118 e. The summed E-state index contributed by atoms with van der Waals surface area (Å²) >= 11 is 13.4. The summed E-state index contributed by atoms with van der Waals surface area (Å²) in [6.45, 7) is 1.97. The van der Waals surface area contributed by atoms with E-state index in [4.69, 9.17) is 0 Å². The molecule has 0 saturated carbocycles. The molecule has 58 valence electrons. The van der Waals surface area contributed by atoms with Crippen molar-refractivity contribution in [2.75, 3.05) is 0 Å². The highest BCUT2D eigenvalue weighted by molar-refractivity contribution is 9.25. The van der Waals surface area contributed by atoms with Crippen molar-refractivity contribution >= 4 is 63.7 Å². The maximum absolute atomic E-state index is 3.44. The fourth-order valence-corrected chi connectivity index (χ4v) is 3.45. The van der Waals surface area contributed by atoms with E-state index < -0.39 is 0 Å². The van der Waals surface area contributed by atoms with Gasteiger partial charge < -0.3 is 0 Å². The van der Waals surface area contributed by atoms with Crippen molar-refractivity contribution in [1.82, 2.24) is 0 Å². The summed E-state index contributed by atoms with van der Waals surface area (Å²) in [4.78, 5) is 1.79. The van der Waals surface area contributed by atoms with Gasteiger partial charge in [-0.1, -0.05) is 63.7 Å². The monoisotopic (exact) mass is 394 g/mol. The van der Waals surface area contributed by atoms with Crippen molar-refractivity contribution in [3.8, 4) is 0 Å². The van der Waals surface area contributed by atoms with E-state index in [-0.39, 0.29) is 3.23 Å². The van der Waals surface area contributed by atoms with Crippen LogP contribution in [0.15, 0.2) is 21.6 Å². The largest absolute Gasteiger partial charge is 0.118 e. The Morgan fingerprint density at radius 1 is 1.40 bits per heavy atom. The summed E-state index contributed by atoms with van der Waals surface area (Å²) in [6, 6.07) is 0. The highest BCUT2D eigenvalue weighted by Crippen LogP contribution is 2.32. The zero-order chi connectivity index (χ0) is 8.20. The number of halogens is 4. The Labute approximate surface area is 94.7 Å². The molecule has 0 aliphatic heterocycles. The molecule has 0 heterocycles. The summed E-state index contributed by atoms with van der Waals surface area (Å²) in [5.41, 5.74) is 0. The molecule has 0 N–H and O–H groups in total. The van der Waals surface area contributed by atoms with Gasteiger partial charge in [-0.2, -0.15) is 0 Å². The van der Waals surface area contributed by atoms with Crippen molar-refractivity contribution in [1.29, 1.82) is 0 Å². The lowest BCUT2D eigenvalue weighted by Gasteiger charge is -2.08. The molecule has 0 radical (unpaired) electrons. The molecule has 4 heteroatoms. The molecule has 0 aromatic heterocycles. The van der Waals surface area contributed by atoms with Crippen LogP contribution in [0.4, 0.5) is 0 Å². The third-order valence-corrected chi connectivity index (χ3v) is 2.16. The van der Waals surface area contributed by atoms with Crippen molar-refractivity contribution in [3.05, 3.63) is 21.6 Å². The van der Waals surface area contributed by atoms with Crippen LogP contribution in [0.25, 0.3) is 0 Å². The van der Waals surface area contributed by atoms with Crippen LogP contribution in [0, 0.1) is 0 Å². The topological polar surface area (TPSA) is 0 Å². The van der Waals surface area contributed by atoms with Gasteiger partial charge in [-0.15, -0.1) is 0 Å².